The van der Waals surface area contributed by atoms with Gasteiger partial charge in [0.2, 0.25) is 5.91 Å². The van der Waals surface area contributed by atoms with Crippen molar-refractivity contribution < 1.29 is 14.0 Å². The molecule has 5 rings (SSSR count). The molecule has 0 fully saturated rings. The Bertz CT molecular complexity index is 1370. The highest BCUT2D eigenvalue weighted by Crippen LogP contribution is 2.38. The second-order valence-corrected chi connectivity index (χ2v) is 8.93. The molecule has 0 saturated heterocycles. The van der Waals surface area contributed by atoms with Crippen LogP contribution in [0.4, 0.5) is 26.2 Å². The van der Waals surface area contributed by atoms with Gasteiger partial charge in [-0.1, -0.05) is 23.7 Å². The van der Waals surface area contributed by atoms with Crippen molar-refractivity contribution in [2.45, 2.75) is 11.4 Å². The molecule has 1 aliphatic rings. The first kappa shape index (κ1) is 21.4. The summed E-state index contributed by atoms with van der Waals surface area (Å²) in [6.07, 6.45) is 1.84. The number of hydrogen-bond acceptors (Lipinski definition) is 3. The van der Waals surface area contributed by atoms with E-state index in [4.69, 9.17) is 11.6 Å². The van der Waals surface area contributed by atoms with Crippen LogP contribution in [0.1, 0.15) is 5.56 Å². The number of aromatic amines is 1. The highest BCUT2D eigenvalue weighted by molar-refractivity contribution is 8.00. The van der Waals surface area contributed by atoms with E-state index in [1.807, 2.05) is 30.5 Å². The lowest BCUT2D eigenvalue weighted by atomic mass is 10.1. The highest BCUT2D eigenvalue weighted by Gasteiger charge is 2.27. The number of benzene rings is 3. The average Bonchev–Trinajstić information content (AvgIpc) is 3.25. The Balaban J connectivity index is 1.33. The van der Waals surface area contributed by atoms with Crippen LogP contribution in [0.25, 0.3) is 10.9 Å². The van der Waals surface area contributed by atoms with Crippen LogP contribution >= 0.6 is 23.4 Å². The Morgan fingerprint density at radius 1 is 1.09 bits per heavy atom. The van der Waals surface area contributed by atoms with Crippen LogP contribution in [0.3, 0.4) is 0 Å². The molecule has 3 aromatic carbocycles. The van der Waals surface area contributed by atoms with Crippen LogP contribution in [0.5, 0.6) is 0 Å². The number of urea groups is 1. The van der Waals surface area contributed by atoms with E-state index in [1.54, 1.807) is 24.3 Å². The van der Waals surface area contributed by atoms with Gasteiger partial charge in [0.05, 0.1) is 18.0 Å². The number of hydrogen-bond donors (Lipinski definition) is 3. The maximum Gasteiger partial charge on any atom is 0.323 e. The van der Waals surface area contributed by atoms with Gasteiger partial charge in [0.1, 0.15) is 5.82 Å². The van der Waals surface area contributed by atoms with Crippen molar-refractivity contribution in [2.24, 2.45) is 0 Å². The summed E-state index contributed by atoms with van der Waals surface area (Å²) in [7, 11) is 0. The lowest BCUT2D eigenvalue weighted by Gasteiger charge is -2.29. The lowest BCUT2D eigenvalue weighted by molar-refractivity contribution is -0.116. The van der Waals surface area contributed by atoms with Gasteiger partial charge >= 0.3 is 6.03 Å². The third-order valence-corrected chi connectivity index (χ3v) is 6.73. The minimum Gasteiger partial charge on any atom is -0.361 e. The molecule has 0 aliphatic carbocycles. The zero-order valence-electron chi connectivity index (χ0n) is 17.2. The van der Waals surface area contributed by atoms with Crippen LogP contribution in [0.2, 0.25) is 5.02 Å². The SMILES string of the molecule is O=C(Nc1ccc2c(c1)SCC(=O)N2Cc1c(F)cccc1Cl)Nc1ccc2cc[nH]c2c1. The first-order valence-corrected chi connectivity index (χ1v) is 11.5. The van der Waals surface area contributed by atoms with E-state index in [1.165, 1.54) is 28.8 Å². The summed E-state index contributed by atoms with van der Waals surface area (Å²) in [5, 5.41) is 6.97. The number of thioether (sulfide) groups is 1. The summed E-state index contributed by atoms with van der Waals surface area (Å²) < 4.78 is 14.3. The Kier molecular flexibility index (Phi) is 5.70. The number of carbonyl (C=O) groups is 2. The molecule has 0 spiro atoms. The second kappa shape index (κ2) is 8.80. The second-order valence-electron chi connectivity index (χ2n) is 7.51. The first-order chi connectivity index (χ1) is 16.0. The van der Waals surface area contributed by atoms with E-state index in [-0.39, 0.29) is 34.8 Å². The van der Waals surface area contributed by atoms with Crippen LogP contribution in [-0.2, 0) is 11.3 Å². The lowest BCUT2D eigenvalue weighted by Crippen LogP contribution is -2.35. The maximum absolute atomic E-state index is 14.3. The van der Waals surface area contributed by atoms with Crippen molar-refractivity contribution in [3.8, 4) is 0 Å². The number of amides is 3. The third-order valence-electron chi connectivity index (χ3n) is 5.35. The Hall–Kier alpha value is -3.49. The van der Waals surface area contributed by atoms with Crippen LogP contribution in [0, 0.1) is 5.82 Å². The summed E-state index contributed by atoms with van der Waals surface area (Å²) in [6, 6.07) is 16.9. The molecule has 3 amide bonds. The van der Waals surface area contributed by atoms with Gasteiger partial charge in [-0.25, -0.2) is 9.18 Å². The maximum atomic E-state index is 14.3. The van der Waals surface area contributed by atoms with E-state index in [2.05, 4.69) is 15.6 Å². The van der Waals surface area contributed by atoms with Gasteiger partial charge < -0.3 is 20.5 Å². The molecule has 0 atom stereocenters. The molecular weight excluding hydrogens is 463 g/mol. The summed E-state index contributed by atoms with van der Waals surface area (Å²) in [4.78, 5) is 30.5. The number of rotatable bonds is 4. The molecule has 166 valence electrons. The smallest absolute Gasteiger partial charge is 0.323 e. The monoisotopic (exact) mass is 480 g/mol. The highest BCUT2D eigenvalue weighted by atomic mass is 35.5. The molecule has 1 aliphatic heterocycles. The van der Waals surface area contributed by atoms with Gasteiger partial charge in [0.25, 0.3) is 0 Å². The minimum absolute atomic E-state index is 0.0341. The number of fused-ring (bicyclic) bond motifs is 2. The molecular formula is C24H18ClFN4O2S. The molecule has 1 aromatic heterocycles. The summed E-state index contributed by atoms with van der Waals surface area (Å²) in [6.45, 7) is 0.0341. The summed E-state index contributed by atoms with van der Waals surface area (Å²) in [5.41, 5.74) is 3.09. The molecule has 3 N–H and O–H groups in total. The van der Waals surface area contributed by atoms with Crippen molar-refractivity contribution >= 4 is 63.3 Å². The van der Waals surface area contributed by atoms with Gasteiger partial charge in [-0.2, -0.15) is 0 Å². The minimum atomic E-state index is -0.456. The summed E-state index contributed by atoms with van der Waals surface area (Å²) in [5.74, 6) is -0.377. The number of halogens is 2. The van der Waals surface area contributed by atoms with E-state index < -0.39 is 5.82 Å². The summed E-state index contributed by atoms with van der Waals surface area (Å²) >= 11 is 7.53. The fraction of sp³-hybridized carbons (Fsp3) is 0.0833. The number of aromatic nitrogens is 1. The number of nitrogens with one attached hydrogen (secondary N) is 3. The normalized spacial score (nSPS) is 13.2. The molecule has 0 unspecified atom stereocenters. The van der Waals surface area contributed by atoms with Gasteiger partial charge in [0.15, 0.2) is 0 Å². The largest absolute Gasteiger partial charge is 0.361 e. The zero-order chi connectivity index (χ0) is 22.9. The van der Waals surface area contributed by atoms with E-state index >= 15 is 0 Å². The van der Waals surface area contributed by atoms with Crippen LogP contribution in [0.15, 0.2) is 71.8 Å². The molecule has 4 aromatic rings. The van der Waals surface area contributed by atoms with Gasteiger partial charge in [-0.3, -0.25) is 4.79 Å². The van der Waals surface area contributed by atoms with Gasteiger partial charge in [-0.15, -0.1) is 11.8 Å². The Labute approximate surface area is 198 Å². The van der Waals surface area contributed by atoms with Crippen molar-refractivity contribution in [2.75, 3.05) is 21.3 Å². The molecule has 0 bridgehead atoms. The van der Waals surface area contributed by atoms with Crippen molar-refractivity contribution in [1.82, 2.24) is 4.98 Å². The topological polar surface area (TPSA) is 77.2 Å². The number of nitrogens with zero attached hydrogens (tertiary/aromatic N) is 1. The molecule has 0 saturated carbocycles. The number of anilines is 3. The standard InChI is InChI=1S/C24H18ClFN4O2S/c25-18-2-1-3-19(26)17(18)12-30-21-7-6-16(11-22(21)33-13-23(30)31)29-24(32)28-15-5-4-14-8-9-27-20(14)10-15/h1-11,27H,12-13H2,(H2,28,29,32). The van der Waals surface area contributed by atoms with Crippen molar-refractivity contribution in [1.29, 1.82) is 0 Å². The molecule has 0 radical (unpaired) electrons. The van der Waals surface area contributed by atoms with E-state index in [0.717, 1.165) is 15.8 Å². The predicted octanol–water partition coefficient (Wildman–Crippen LogP) is 6.24. The van der Waals surface area contributed by atoms with E-state index in [0.29, 0.717) is 17.1 Å². The van der Waals surface area contributed by atoms with Crippen molar-refractivity contribution in [3.63, 3.8) is 0 Å². The predicted molar refractivity (Wildman–Crippen MR) is 131 cm³/mol. The first-order valence-electron chi connectivity index (χ1n) is 10.1. The number of carbonyl (C=O) groups excluding carboxylic acids is 2. The van der Waals surface area contributed by atoms with Gasteiger partial charge in [0, 0.05) is 38.6 Å². The fourth-order valence-electron chi connectivity index (χ4n) is 3.72. The molecule has 6 nitrogen and oxygen atoms in total. The molecule has 2 heterocycles. The quantitative estimate of drug-likeness (QED) is 0.323. The van der Waals surface area contributed by atoms with Crippen molar-refractivity contribution in [3.05, 3.63) is 83.3 Å². The Morgan fingerprint density at radius 3 is 2.70 bits per heavy atom. The van der Waals surface area contributed by atoms with Crippen LogP contribution < -0.4 is 15.5 Å². The van der Waals surface area contributed by atoms with Gasteiger partial charge in [-0.05, 0) is 53.9 Å². The average molecular weight is 481 g/mol. The van der Waals surface area contributed by atoms with Crippen LogP contribution in [-0.4, -0.2) is 22.7 Å². The zero-order valence-corrected chi connectivity index (χ0v) is 18.8. The molecule has 9 heteroatoms. The molecule has 33 heavy (non-hydrogen) atoms. The Morgan fingerprint density at radius 2 is 1.88 bits per heavy atom. The fourth-order valence-corrected chi connectivity index (χ4v) is 4.91. The number of H-pyrrole nitrogens is 1. The third kappa shape index (κ3) is 4.40. The van der Waals surface area contributed by atoms with E-state index in [9.17, 15) is 14.0 Å².